The maximum atomic E-state index is 4.32. The fourth-order valence-electron chi connectivity index (χ4n) is 1.72. The molecule has 5 heteroatoms. The van der Waals surface area contributed by atoms with Crippen LogP contribution in [0.2, 0.25) is 0 Å². The molecule has 0 spiro atoms. The zero-order valence-corrected chi connectivity index (χ0v) is 12.4. The third-order valence-electron chi connectivity index (χ3n) is 3.03. The van der Waals surface area contributed by atoms with Gasteiger partial charge in [0.15, 0.2) is 5.13 Å². The van der Waals surface area contributed by atoms with Crippen molar-refractivity contribution in [3.05, 3.63) is 23.9 Å². The van der Waals surface area contributed by atoms with E-state index in [1.807, 2.05) is 13.2 Å². The second-order valence-corrected chi connectivity index (χ2v) is 5.38. The van der Waals surface area contributed by atoms with Crippen LogP contribution < -0.4 is 10.6 Å². The predicted molar refractivity (Wildman–Crippen MR) is 80.0 cm³/mol. The average Bonchev–Trinajstić information content (AvgIpc) is 2.84. The maximum absolute atomic E-state index is 4.32. The molecule has 0 saturated carbocycles. The molecule has 102 valence electrons. The highest BCUT2D eigenvalue weighted by Crippen LogP contribution is 2.20. The van der Waals surface area contributed by atoms with Crippen molar-refractivity contribution >= 4 is 16.5 Å². The van der Waals surface area contributed by atoms with Crippen LogP contribution in [0.3, 0.4) is 0 Å². The number of hydrogen-bond donors (Lipinski definition) is 2. The largest absolute Gasteiger partial charge is 0.390 e. The lowest BCUT2D eigenvalue weighted by atomic mass is 10.2. The Kier molecular flexibility index (Phi) is 6.75. The van der Waals surface area contributed by atoms with Gasteiger partial charge in [0, 0.05) is 43.8 Å². The Morgan fingerprint density at radius 3 is 2.94 bits per heavy atom. The van der Waals surface area contributed by atoms with E-state index in [9.17, 15) is 0 Å². The van der Waals surface area contributed by atoms with Gasteiger partial charge in [-0.25, -0.2) is 4.98 Å². The summed E-state index contributed by atoms with van der Waals surface area (Å²) in [7, 11) is 1.91. The maximum Gasteiger partial charge on any atom is 0.182 e. The van der Waals surface area contributed by atoms with Crippen LogP contribution in [0.15, 0.2) is 19.0 Å². The standard InChI is InChI=1S/C13H24N4S/c1-5-11(3)17(8-7-15-6-2)10-12-9-16-13(14-4)18-12/h6,9,11,15H,2,5,7-8,10H2,1,3-4H3,(H,14,16). The van der Waals surface area contributed by atoms with Gasteiger partial charge in [0.2, 0.25) is 0 Å². The number of thiazole rings is 1. The summed E-state index contributed by atoms with van der Waals surface area (Å²) in [6.07, 6.45) is 4.87. The van der Waals surface area contributed by atoms with E-state index >= 15 is 0 Å². The summed E-state index contributed by atoms with van der Waals surface area (Å²) >= 11 is 1.72. The van der Waals surface area contributed by atoms with Gasteiger partial charge in [-0.2, -0.15) is 0 Å². The number of rotatable bonds is 9. The lowest BCUT2D eigenvalue weighted by Crippen LogP contribution is -2.36. The molecule has 0 aliphatic heterocycles. The molecular formula is C13H24N4S. The van der Waals surface area contributed by atoms with Crippen molar-refractivity contribution in [1.29, 1.82) is 0 Å². The summed E-state index contributed by atoms with van der Waals surface area (Å²) in [4.78, 5) is 8.10. The first-order chi connectivity index (χ1) is 8.71. The molecule has 4 nitrogen and oxygen atoms in total. The van der Waals surface area contributed by atoms with E-state index in [1.54, 1.807) is 17.5 Å². The molecule has 2 N–H and O–H groups in total. The SMILES string of the molecule is C=CNCCN(Cc1cnc(NC)s1)C(C)CC. The van der Waals surface area contributed by atoms with E-state index < -0.39 is 0 Å². The van der Waals surface area contributed by atoms with Crippen LogP contribution >= 0.6 is 11.3 Å². The van der Waals surface area contributed by atoms with E-state index in [0.717, 1.165) is 31.2 Å². The molecule has 1 rings (SSSR count). The van der Waals surface area contributed by atoms with Crippen LogP contribution in [0.5, 0.6) is 0 Å². The number of nitrogens with zero attached hydrogens (tertiary/aromatic N) is 2. The molecule has 0 amide bonds. The summed E-state index contributed by atoms with van der Waals surface area (Å²) in [5.41, 5.74) is 0. The number of aromatic nitrogens is 1. The van der Waals surface area contributed by atoms with Gasteiger partial charge >= 0.3 is 0 Å². The molecule has 0 fully saturated rings. The zero-order valence-electron chi connectivity index (χ0n) is 11.6. The Hall–Kier alpha value is -1.07. The number of anilines is 1. The van der Waals surface area contributed by atoms with Gasteiger partial charge in [0.05, 0.1) is 0 Å². The topological polar surface area (TPSA) is 40.2 Å². The highest BCUT2D eigenvalue weighted by atomic mass is 32.1. The molecule has 0 saturated heterocycles. The third-order valence-corrected chi connectivity index (χ3v) is 4.03. The minimum absolute atomic E-state index is 0.580. The molecule has 1 heterocycles. The lowest BCUT2D eigenvalue weighted by molar-refractivity contribution is 0.199. The first-order valence-electron chi connectivity index (χ1n) is 6.42. The van der Waals surface area contributed by atoms with E-state index in [-0.39, 0.29) is 0 Å². The van der Waals surface area contributed by atoms with E-state index in [0.29, 0.717) is 6.04 Å². The van der Waals surface area contributed by atoms with Gasteiger partial charge in [-0.1, -0.05) is 13.5 Å². The molecule has 1 atom stereocenters. The van der Waals surface area contributed by atoms with Crippen LogP contribution in [0.4, 0.5) is 5.13 Å². The summed E-state index contributed by atoms with van der Waals surface area (Å²) < 4.78 is 0. The normalized spacial score (nSPS) is 12.4. The van der Waals surface area contributed by atoms with Gasteiger partial charge in [-0.3, -0.25) is 4.90 Å². The second kappa shape index (κ2) is 8.11. The van der Waals surface area contributed by atoms with Gasteiger partial charge in [0.25, 0.3) is 0 Å². The summed E-state index contributed by atoms with van der Waals surface area (Å²) in [6.45, 7) is 11.1. The molecule has 0 aliphatic carbocycles. The van der Waals surface area contributed by atoms with Crippen molar-refractivity contribution in [1.82, 2.24) is 15.2 Å². The van der Waals surface area contributed by atoms with Gasteiger partial charge in [0.1, 0.15) is 0 Å². The molecular weight excluding hydrogens is 244 g/mol. The minimum Gasteiger partial charge on any atom is -0.390 e. The van der Waals surface area contributed by atoms with Crippen LogP contribution in [-0.2, 0) is 6.54 Å². The van der Waals surface area contributed by atoms with Crippen molar-refractivity contribution in [3.63, 3.8) is 0 Å². The molecule has 0 aliphatic rings. The molecule has 1 aromatic rings. The number of hydrogen-bond acceptors (Lipinski definition) is 5. The van der Waals surface area contributed by atoms with Gasteiger partial charge in [-0.05, 0) is 19.5 Å². The summed E-state index contributed by atoms with van der Waals surface area (Å²) in [6, 6.07) is 0.580. The van der Waals surface area contributed by atoms with Gasteiger partial charge in [-0.15, -0.1) is 11.3 Å². The Labute approximate surface area is 114 Å². The Balaban J connectivity index is 2.56. The predicted octanol–water partition coefficient (Wildman–Crippen LogP) is 2.52. The van der Waals surface area contributed by atoms with Crippen LogP contribution in [0.1, 0.15) is 25.1 Å². The Morgan fingerprint density at radius 1 is 1.61 bits per heavy atom. The first-order valence-corrected chi connectivity index (χ1v) is 7.23. The van der Waals surface area contributed by atoms with Crippen molar-refractivity contribution in [3.8, 4) is 0 Å². The van der Waals surface area contributed by atoms with Crippen molar-refractivity contribution in [2.75, 3.05) is 25.5 Å². The highest BCUT2D eigenvalue weighted by Gasteiger charge is 2.13. The van der Waals surface area contributed by atoms with Crippen molar-refractivity contribution < 1.29 is 0 Å². The van der Waals surface area contributed by atoms with Crippen molar-refractivity contribution in [2.45, 2.75) is 32.9 Å². The molecule has 0 aromatic carbocycles. The van der Waals surface area contributed by atoms with Crippen LogP contribution in [0, 0.1) is 0 Å². The second-order valence-electron chi connectivity index (χ2n) is 4.27. The quantitative estimate of drug-likeness (QED) is 0.675. The van der Waals surface area contributed by atoms with E-state index in [2.05, 4.69) is 40.9 Å². The Morgan fingerprint density at radius 2 is 2.39 bits per heavy atom. The lowest BCUT2D eigenvalue weighted by Gasteiger charge is -2.27. The van der Waals surface area contributed by atoms with E-state index in [1.165, 1.54) is 4.88 Å². The minimum atomic E-state index is 0.580. The van der Waals surface area contributed by atoms with Crippen molar-refractivity contribution in [2.24, 2.45) is 0 Å². The fourth-order valence-corrected chi connectivity index (χ4v) is 2.51. The van der Waals surface area contributed by atoms with Crippen LogP contribution in [-0.4, -0.2) is 36.1 Å². The zero-order chi connectivity index (χ0) is 13.4. The molecule has 1 aromatic heterocycles. The fraction of sp³-hybridized carbons (Fsp3) is 0.615. The Bertz CT molecular complexity index is 351. The molecule has 0 bridgehead atoms. The summed E-state index contributed by atoms with van der Waals surface area (Å²) in [5.74, 6) is 0. The smallest absolute Gasteiger partial charge is 0.182 e. The third kappa shape index (κ3) is 4.66. The summed E-state index contributed by atoms with van der Waals surface area (Å²) in [5, 5.41) is 7.22. The van der Waals surface area contributed by atoms with E-state index in [4.69, 9.17) is 0 Å². The molecule has 1 unspecified atom stereocenters. The first kappa shape index (κ1) is 15.0. The molecule has 0 radical (unpaired) electrons. The molecule has 18 heavy (non-hydrogen) atoms. The van der Waals surface area contributed by atoms with Crippen LogP contribution in [0.25, 0.3) is 0 Å². The highest BCUT2D eigenvalue weighted by molar-refractivity contribution is 7.15. The average molecular weight is 268 g/mol. The monoisotopic (exact) mass is 268 g/mol. The van der Waals surface area contributed by atoms with Gasteiger partial charge < -0.3 is 10.6 Å². The number of nitrogens with one attached hydrogen (secondary N) is 2.